The van der Waals surface area contributed by atoms with Crippen LogP contribution >= 0.6 is 11.3 Å². The summed E-state index contributed by atoms with van der Waals surface area (Å²) < 4.78 is 0. The van der Waals surface area contributed by atoms with Crippen LogP contribution in [0.2, 0.25) is 0 Å². The van der Waals surface area contributed by atoms with E-state index in [1.807, 2.05) is 23.6 Å². The first-order chi connectivity index (χ1) is 6.40. The van der Waals surface area contributed by atoms with E-state index in [1.54, 1.807) is 6.20 Å². The highest BCUT2D eigenvalue weighted by Crippen LogP contribution is 2.21. The molecule has 0 atom stereocenters. The van der Waals surface area contributed by atoms with Crippen molar-refractivity contribution in [3.63, 3.8) is 0 Å². The molecule has 0 aliphatic rings. The highest BCUT2D eigenvalue weighted by Gasteiger charge is 2.02. The molecule has 0 spiro atoms. The molecule has 0 saturated carbocycles. The van der Waals surface area contributed by atoms with E-state index in [0.29, 0.717) is 5.13 Å². The van der Waals surface area contributed by atoms with Gasteiger partial charge in [0.1, 0.15) is 5.69 Å². The maximum Gasteiger partial charge on any atom is 0.197 e. The van der Waals surface area contributed by atoms with E-state index in [4.69, 9.17) is 5.84 Å². The van der Waals surface area contributed by atoms with E-state index in [9.17, 15) is 0 Å². The molecule has 0 saturated heterocycles. The van der Waals surface area contributed by atoms with Gasteiger partial charge in [0.05, 0.1) is 5.69 Å². The van der Waals surface area contributed by atoms with Gasteiger partial charge in [-0.05, 0) is 12.1 Å². The first kappa shape index (κ1) is 8.15. The lowest BCUT2D eigenvalue weighted by Crippen LogP contribution is -2.05. The van der Waals surface area contributed by atoms with E-state index in [0.717, 1.165) is 11.4 Å². The largest absolute Gasteiger partial charge is 0.300 e. The number of aromatic nitrogens is 2. The van der Waals surface area contributed by atoms with Crippen molar-refractivity contribution in [3.8, 4) is 11.4 Å². The molecule has 0 aliphatic heterocycles. The second-order valence-electron chi connectivity index (χ2n) is 2.40. The Morgan fingerprint density at radius 3 is 2.85 bits per heavy atom. The Balaban J connectivity index is 2.36. The Labute approximate surface area is 79.4 Å². The third-order valence-corrected chi connectivity index (χ3v) is 2.33. The molecule has 0 amide bonds. The highest BCUT2D eigenvalue weighted by atomic mass is 32.1. The van der Waals surface area contributed by atoms with E-state index in [1.165, 1.54) is 11.3 Å². The highest BCUT2D eigenvalue weighted by molar-refractivity contribution is 7.14. The summed E-state index contributed by atoms with van der Waals surface area (Å²) in [6.45, 7) is 0. The number of anilines is 1. The fourth-order valence-corrected chi connectivity index (χ4v) is 1.59. The molecule has 2 aromatic rings. The number of pyridine rings is 1. The summed E-state index contributed by atoms with van der Waals surface area (Å²) in [7, 11) is 0. The number of hydrogen-bond donors (Lipinski definition) is 2. The molecule has 2 aromatic heterocycles. The Bertz CT molecular complexity index is 384. The molecule has 5 heteroatoms. The summed E-state index contributed by atoms with van der Waals surface area (Å²) in [5.41, 5.74) is 4.20. The van der Waals surface area contributed by atoms with Gasteiger partial charge in [0, 0.05) is 11.6 Å². The van der Waals surface area contributed by atoms with Crippen molar-refractivity contribution in [1.29, 1.82) is 0 Å². The second-order valence-corrected chi connectivity index (χ2v) is 3.26. The summed E-state index contributed by atoms with van der Waals surface area (Å²) in [6, 6.07) is 5.71. The summed E-state index contributed by atoms with van der Waals surface area (Å²) >= 11 is 1.46. The van der Waals surface area contributed by atoms with Gasteiger partial charge in [0.15, 0.2) is 5.13 Å². The van der Waals surface area contributed by atoms with Gasteiger partial charge in [-0.2, -0.15) is 0 Å². The fraction of sp³-hybridized carbons (Fsp3) is 0. The van der Waals surface area contributed by atoms with Crippen LogP contribution in [0.25, 0.3) is 11.4 Å². The molecule has 4 nitrogen and oxygen atoms in total. The van der Waals surface area contributed by atoms with Gasteiger partial charge < -0.3 is 0 Å². The number of rotatable bonds is 2. The quantitative estimate of drug-likeness (QED) is 0.559. The molecule has 2 rings (SSSR count). The predicted molar refractivity (Wildman–Crippen MR) is 53.2 cm³/mol. The van der Waals surface area contributed by atoms with Crippen LogP contribution in [-0.2, 0) is 0 Å². The van der Waals surface area contributed by atoms with Crippen molar-refractivity contribution in [1.82, 2.24) is 9.97 Å². The zero-order valence-corrected chi connectivity index (χ0v) is 7.58. The van der Waals surface area contributed by atoms with Gasteiger partial charge >= 0.3 is 0 Å². The summed E-state index contributed by atoms with van der Waals surface area (Å²) in [5, 5.41) is 2.61. The number of nitrogen functional groups attached to an aromatic ring is 1. The summed E-state index contributed by atoms with van der Waals surface area (Å²) in [5.74, 6) is 5.22. The average molecular weight is 192 g/mol. The number of hydrazine groups is 1. The SMILES string of the molecule is NNc1nc(-c2ccccn2)cs1. The summed E-state index contributed by atoms with van der Waals surface area (Å²) in [6.07, 6.45) is 1.74. The lowest BCUT2D eigenvalue weighted by molar-refractivity contribution is 1.25. The van der Waals surface area contributed by atoms with Crippen LogP contribution in [-0.4, -0.2) is 9.97 Å². The van der Waals surface area contributed by atoms with Crippen LogP contribution in [0.1, 0.15) is 0 Å². The first-order valence-electron chi connectivity index (χ1n) is 3.73. The van der Waals surface area contributed by atoms with Crippen LogP contribution in [0, 0.1) is 0 Å². The topological polar surface area (TPSA) is 63.8 Å². The zero-order valence-electron chi connectivity index (χ0n) is 6.77. The zero-order chi connectivity index (χ0) is 9.10. The lowest BCUT2D eigenvalue weighted by atomic mass is 10.3. The maximum atomic E-state index is 5.22. The molecule has 0 aromatic carbocycles. The molecular weight excluding hydrogens is 184 g/mol. The molecule has 0 unspecified atom stereocenters. The standard InChI is InChI=1S/C8H8N4S/c9-12-8-11-7(5-13-8)6-3-1-2-4-10-6/h1-5H,9H2,(H,11,12). The maximum absolute atomic E-state index is 5.22. The van der Waals surface area contributed by atoms with Gasteiger partial charge in [-0.3, -0.25) is 10.4 Å². The second kappa shape index (κ2) is 3.51. The van der Waals surface area contributed by atoms with E-state index < -0.39 is 0 Å². The van der Waals surface area contributed by atoms with Crippen LogP contribution in [0.5, 0.6) is 0 Å². The minimum Gasteiger partial charge on any atom is -0.300 e. The minimum atomic E-state index is 0.695. The third-order valence-electron chi connectivity index (χ3n) is 1.55. The van der Waals surface area contributed by atoms with Crippen molar-refractivity contribution in [2.24, 2.45) is 5.84 Å². The van der Waals surface area contributed by atoms with Crippen molar-refractivity contribution in [3.05, 3.63) is 29.8 Å². The summed E-state index contributed by atoms with van der Waals surface area (Å²) in [4.78, 5) is 8.39. The number of nitrogens with zero attached hydrogens (tertiary/aromatic N) is 2. The lowest BCUT2D eigenvalue weighted by Gasteiger charge is -1.92. The van der Waals surface area contributed by atoms with Crippen LogP contribution in [0.3, 0.4) is 0 Å². The number of nitrogens with one attached hydrogen (secondary N) is 1. The first-order valence-corrected chi connectivity index (χ1v) is 4.61. The number of nitrogens with two attached hydrogens (primary N) is 1. The van der Waals surface area contributed by atoms with Gasteiger partial charge in [-0.15, -0.1) is 11.3 Å². The smallest absolute Gasteiger partial charge is 0.197 e. The van der Waals surface area contributed by atoms with Crippen molar-refractivity contribution in [2.75, 3.05) is 5.43 Å². The Hall–Kier alpha value is -1.46. The molecule has 0 fully saturated rings. The van der Waals surface area contributed by atoms with Gasteiger partial charge in [0.25, 0.3) is 0 Å². The molecule has 0 aliphatic carbocycles. The van der Waals surface area contributed by atoms with Gasteiger partial charge in [0.2, 0.25) is 0 Å². The fourth-order valence-electron chi connectivity index (χ4n) is 0.972. The van der Waals surface area contributed by atoms with Crippen molar-refractivity contribution >= 4 is 16.5 Å². The molecule has 13 heavy (non-hydrogen) atoms. The number of hydrogen-bond acceptors (Lipinski definition) is 5. The van der Waals surface area contributed by atoms with Crippen LogP contribution < -0.4 is 11.3 Å². The van der Waals surface area contributed by atoms with E-state index in [-0.39, 0.29) is 0 Å². The van der Waals surface area contributed by atoms with Crippen LogP contribution in [0.4, 0.5) is 5.13 Å². The molecular formula is C8H8N4S. The minimum absolute atomic E-state index is 0.695. The van der Waals surface area contributed by atoms with E-state index in [2.05, 4.69) is 15.4 Å². The molecule has 66 valence electrons. The molecule has 0 bridgehead atoms. The molecule has 2 heterocycles. The van der Waals surface area contributed by atoms with Crippen molar-refractivity contribution < 1.29 is 0 Å². The Morgan fingerprint density at radius 2 is 2.23 bits per heavy atom. The normalized spacial score (nSPS) is 9.92. The monoisotopic (exact) mass is 192 g/mol. The van der Waals surface area contributed by atoms with E-state index >= 15 is 0 Å². The van der Waals surface area contributed by atoms with Crippen LogP contribution in [0.15, 0.2) is 29.8 Å². The molecule has 0 radical (unpaired) electrons. The predicted octanol–water partition coefficient (Wildman–Crippen LogP) is 1.49. The van der Waals surface area contributed by atoms with Gasteiger partial charge in [-0.1, -0.05) is 6.07 Å². The third kappa shape index (κ3) is 1.66. The Kier molecular flexibility index (Phi) is 2.20. The molecule has 3 N–H and O–H groups in total. The Morgan fingerprint density at radius 1 is 1.31 bits per heavy atom. The van der Waals surface area contributed by atoms with Gasteiger partial charge in [-0.25, -0.2) is 10.8 Å². The van der Waals surface area contributed by atoms with Crippen molar-refractivity contribution in [2.45, 2.75) is 0 Å². The number of thiazole rings is 1. The average Bonchev–Trinajstić information content (AvgIpc) is 2.67.